The number of nitrogens with zero attached hydrogens (tertiary/aromatic N) is 5. The number of aliphatic hydroxyl groups is 1. The number of halogens is 11. The van der Waals surface area contributed by atoms with Crippen LogP contribution in [0.1, 0.15) is 58.5 Å². The number of aromatic nitrogens is 2. The summed E-state index contributed by atoms with van der Waals surface area (Å²) in [4.78, 5) is 62.4. The van der Waals surface area contributed by atoms with Gasteiger partial charge in [-0.1, -0.05) is 46.4 Å². The quantitative estimate of drug-likeness (QED) is 0.0513. The van der Waals surface area contributed by atoms with Crippen molar-refractivity contribution in [3.05, 3.63) is 148 Å². The number of piperazine rings is 2. The number of carboxylic acids is 1. The zero-order valence-corrected chi connectivity index (χ0v) is 48.1. The molecule has 2 aromatic heterocycles. The molecule has 2 atom stereocenters. The van der Waals surface area contributed by atoms with E-state index in [0.717, 1.165) is 63.6 Å². The number of ether oxygens (including phenoxy) is 3. The van der Waals surface area contributed by atoms with Crippen LogP contribution < -0.4 is 36.5 Å². The van der Waals surface area contributed by atoms with Gasteiger partial charge in [-0.25, -0.2) is 32.4 Å². The lowest BCUT2D eigenvalue weighted by Crippen LogP contribution is -2.55. The molecule has 30 heteroatoms. The van der Waals surface area contributed by atoms with Gasteiger partial charge in [-0.15, -0.1) is 0 Å². The average molecular weight is 1280 g/mol. The molecule has 6 aromatic rings. The molecular formula is C54H55Cl4F7N8O10S. The van der Waals surface area contributed by atoms with Crippen LogP contribution in [0.4, 0.5) is 30.7 Å². The molecule has 11 rings (SSSR count). The number of hydrogen-bond acceptors (Lipinski definition) is 13. The number of carbonyl (C=O) groups excluding carboxylic acids is 2. The van der Waals surface area contributed by atoms with Gasteiger partial charge >= 0.3 is 12.1 Å². The lowest BCUT2D eigenvalue weighted by atomic mass is 10.1. The fraction of sp³-hybridized carbons (Fsp3) is 0.389. The molecule has 3 saturated heterocycles. The maximum Gasteiger partial charge on any atom is 0.490 e. The van der Waals surface area contributed by atoms with Crippen LogP contribution in [-0.4, -0.2) is 149 Å². The van der Waals surface area contributed by atoms with Crippen molar-refractivity contribution < 1.29 is 69.5 Å². The monoisotopic (exact) mass is 1280 g/mol. The van der Waals surface area contributed by atoms with Crippen LogP contribution in [0, 0.1) is 23.3 Å². The Morgan fingerprint density at radius 2 is 1.07 bits per heavy atom. The molecule has 0 spiro atoms. The van der Waals surface area contributed by atoms with E-state index in [1.165, 1.54) is 42.6 Å². The molecule has 454 valence electrons. The van der Waals surface area contributed by atoms with E-state index in [9.17, 15) is 55.0 Å². The van der Waals surface area contributed by atoms with E-state index in [2.05, 4.69) is 16.2 Å². The maximum atomic E-state index is 14.1. The highest BCUT2D eigenvalue weighted by Gasteiger charge is 2.38. The number of hydrazine groups is 2. The number of hydrogen-bond donors (Lipinski definition) is 5. The van der Waals surface area contributed by atoms with Crippen molar-refractivity contribution in [2.45, 2.75) is 56.2 Å². The molecule has 5 heterocycles. The van der Waals surface area contributed by atoms with Crippen molar-refractivity contribution >= 4 is 99.5 Å². The summed E-state index contributed by atoms with van der Waals surface area (Å²) >= 11 is 23.0. The maximum absolute atomic E-state index is 14.1. The zero-order chi connectivity index (χ0) is 59.9. The predicted molar refractivity (Wildman–Crippen MR) is 304 cm³/mol. The molecule has 5 aliphatic rings. The molecule has 2 aliphatic carbocycles. The zero-order valence-electron chi connectivity index (χ0n) is 44.1. The standard InChI is InChI=1S/C26H26Cl2F2N4O4.C17H18ClFN4O2.C9H8ClFO2.C2HF3O2.H2S/c27-20-4-3-17(9-22(20)29)38-14-16(35)12-32-5-7-33(8-6-32)31-26(37)19-13-34(15-1-2-15)24-11-21(28)23(30)10-18(24)25(19)36;18-13-8-15-11(7-14(13)19)16(24)12(9-23(15)10-1-2-10)17(25)21-22-5-3-20-4-6-22;10-8-2-1-6(3-9(8)11)12-4-7-5-13-7;3-2(4,5)1(6)7;/h3-4,9-11,13,15-16,35H,1-2,5-8,12,14H2,(H,31,37);7-10,20H,1-6H2,(H,21,25);1-3,7H,4-5H2;(H,6,7);1H2/t16-;;7-;;/m0.1../s1. The molecule has 18 nitrogen and oxygen atoms in total. The summed E-state index contributed by atoms with van der Waals surface area (Å²) in [6, 6.07) is 13.9. The number of alkyl halides is 3. The Balaban J connectivity index is 0.000000187. The number of nitrogens with one attached hydrogen (secondary N) is 3. The summed E-state index contributed by atoms with van der Waals surface area (Å²) in [6.45, 7) is 6.45. The topological polar surface area (TPSA) is 212 Å². The highest BCUT2D eigenvalue weighted by Crippen LogP contribution is 2.39. The largest absolute Gasteiger partial charge is 0.491 e. The number of aliphatic carboxylic acids is 1. The van der Waals surface area contributed by atoms with Crippen molar-refractivity contribution in [1.82, 2.24) is 40.2 Å². The Kier molecular flexibility index (Phi) is 22.6. The normalized spacial score (nSPS) is 17.5. The minimum atomic E-state index is -5.08. The molecular weight excluding hydrogens is 1230 g/mol. The lowest BCUT2D eigenvalue weighted by molar-refractivity contribution is -0.192. The first-order chi connectivity index (χ1) is 39.4. The highest BCUT2D eigenvalue weighted by atomic mass is 35.5. The van der Waals surface area contributed by atoms with Crippen LogP contribution in [0.25, 0.3) is 21.8 Å². The van der Waals surface area contributed by atoms with Crippen LogP contribution >= 0.6 is 59.9 Å². The number of epoxide rings is 1. The third kappa shape index (κ3) is 17.8. The Bertz CT molecular complexity index is 3490. The van der Waals surface area contributed by atoms with Gasteiger partial charge in [0.2, 0.25) is 10.9 Å². The number of carboxylic acid groups (broad SMARTS) is 1. The van der Waals surface area contributed by atoms with Gasteiger partial charge in [0, 0.05) is 106 Å². The highest BCUT2D eigenvalue weighted by molar-refractivity contribution is 7.59. The van der Waals surface area contributed by atoms with E-state index in [0.29, 0.717) is 69.2 Å². The van der Waals surface area contributed by atoms with Crippen LogP contribution in [0.15, 0.2) is 82.6 Å². The van der Waals surface area contributed by atoms with Crippen LogP contribution in [0.5, 0.6) is 11.5 Å². The van der Waals surface area contributed by atoms with Crippen LogP contribution in [0.3, 0.4) is 0 Å². The summed E-state index contributed by atoms with van der Waals surface area (Å²) in [6.07, 6.45) is 1.14. The van der Waals surface area contributed by atoms with Crippen molar-refractivity contribution in [2.24, 2.45) is 0 Å². The second kappa shape index (κ2) is 29.0. The minimum Gasteiger partial charge on any atom is -0.491 e. The van der Waals surface area contributed by atoms with Crippen molar-refractivity contribution in [3.63, 3.8) is 0 Å². The van der Waals surface area contributed by atoms with Gasteiger partial charge in [0.25, 0.3) is 11.8 Å². The van der Waals surface area contributed by atoms with Gasteiger partial charge in [-0.3, -0.25) is 34.9 Å². The number of benzene rings is 4. The summed E-state index contributed by atoms with van der Waals surface area (Å²) in [5.41, 5.74) is 5.58. The molecule has 0 radical (unpaired) electrons. The Hall–Kier alpha value is -5.91. The number of β-amino-alcohol motifs (C(OH)–C–C–N with tert-alkyl or cyclic N) is 1. The molecule has 2 saturated carbocycles. The van der Waals surface area contributed by atoms with Crippen molar-refractivity contribution in [1.29, 1.82) is 0 Å². The smallest absolute Gasteiger partial charge is 0.490 e. The second-order valence-electron chi connectivity index (χ2n) is 19.7. The lowest BCUT2D eigenvalue weighted by Gasteiger charge is -2.35. The molecule has 2 amide bonds. The first-order valence-corrected chi connectivity index (χ1v) is 27.3. The third-order valence-electron chi connectivity index (χ3n) is 13.3. The first-order valence-electron chi connectivity index (χ1n) is 25.8. The van der Waals surface area contributed by atoms with Gasteiger partial charge in [-0.2, -0.15) is 26.7 Å². The molecule has 5 fully saturated rings. The van der Waals surface area contributed by atoms with E-state index in [4.69, 9.17) is 70.5 Å². The number of amides is 2. The molecule has 0 bridgehead atoms. The predicted octanol–water partition coefficient (Wildman–Crippen LogP) is 8.31. The van der Waals surface area contributed by atoms with Crippen molar-refractivity contribution in [2.75, 3.05) is 78.7 Å². The SMILES string of the molecule is Fc1cc(OC[C@@H]2CO2)ccc1Cl.O=C(NN1CCN(C[C@H](O)COc2ccc(Cl)c(F)c2)CC1)c1cn(C2CC2)c2cc(Cl)c(F)cc2c1=O.O=C(NN1CCNCC1)c1cn(C2CC2)c2cc(Cl)c(F)cc2c1=O.O=C(O)C(F)(F)F.S. The number of pyridine rings is 2. The Morgan fingerprint density at radius 3 is 1.48 bits per heavy atom. The van der Waals surface area contributed by atoms with E-state index in [-0.39, 0.29) is 86.0 Å². The van der Waals surface area contributed by atoms with E-state index in [1.807, 2.05) is 14.0 Å². The number of carbonyl (C=O) groups is 3. The number of rotatable bonds is 14. The third-order valence-corrected chi connectivity index (χ3v) is 14.5. The minimum absolute atomic E-state index is 0. The van der Waals surface area contributed by atoms with Gasteiger partial charge in [0.05, 0.1) is 37.7 Å². The van der Waals surface area contributed by atoms with Crippen LogP contribution in [-0.2, 0) is 9.53 Å². The molecule has 0 unspecified atom stereocenters. The fourth-order valence-electron chi connectivity index (χ4n) is 8.58. The first kappa shape index (κ1) is 65.6. The van der Waals surface area contributed by atoms with Crippen LogP contribution in [0.2, 0.25) is 20.1 Å². The number of fused-ring (bicyclic) bond motifs is 2. The molecule has 3 aliphatic heterocycles. The summed E-state index contributed by atoms with van der Waals surface area (Å²) in [5, 5.41) is 24.5. The Labute approximate surface area is 501 Å². The summed E-state index contributed by atoms with van der Waals surface area (Å²) < 4.78 is 106. The van der Waals surface area contributed by atoms with E-state index < -0.39 is 64.2 Å². The fourth-order valence-corrected chi connectivity index (χ4v) is 9.13. The second-order valence-corrected chi connectivity index (χ2v) is 21.3. The molecule has 84 heavy (non-hydrogen) atoms. The van der Waals surface area contributed by atoms with Gasteiger partial charge < -0.3 is 38.9 Å². The van der Waals surface area contributed by atoms with Gasteiger partial charge in [0.1, 0.15) is 71.3 Å². The van der Waals surface area contributed by atoms with Gasteiger partial charge in [-0.05, 0) is 74.2 Å². The average Bonchev–Trinajstić information content (AvgIpc) is 2.79. The molecule has 4 aromatic carbocycles. The van der Waals surface area contributed by atoms with Crippen molar-refractivity contribution in [3.8, 4) is 11.5 Å². The molecule has 5 N–H and O–H groups in total. The van der Waals surface area contributed by atoms with Gasteiger partial charge in [0.15, 0.2) is 0 Å². The number of aliphatic hydroxyl groups excluding tert-OH is 1. The summed E-state index contributed by atoms with van der Waals surface area (Å²) in [7, 11) is 0. The Morgan fingerprint density at radius 1 is 0.655 bits per heavy atom. The van der Waals surface area contributed by atoms with E-state index >= 15 is 0 Å². The van der Waals surface area contributed by atoms with E-state index in [1.54, 1.807) is 22.3 Å². The summed E-state index contributed by atoms with van der Waals surface area (Å²) in [5.74, 6) is -5.44.